The summed E-state index contributed by atoms with van der Waals surface area (Å²) in [5.41, 5.74) is 0. The fraction of sp³-hybridized carbons (Fsp3) is 0.625. The van der Waals surface area contributed by atoms with Crippen LogP contribution >= 0.6 is 0 Å². The number of ether oxygens (including phenoxy) is 1. The lowest BCUT2D eigenvalue weighted by Crippen LogP contribution is -2.30. The highest BCUT2D eigenvalue weighted by molar-refractivity contribution is 5.91. The van der Waals surface area contributed by atoms with Gasteiger partial charge < -0.3 is 14.5 Å². The predicted molar refractivity (Wildman–Crippen MR) is 76.1 cm³/mol. The van der Waals surface area contributed by atoms with E-state index >= 15 is 0 Å². The highest BCUT2D eigenvalue weighted by Crippen LogP contribution is 2.35. The van der Waals surface area contributed by atoms with Gasteiger partial charge in [-0.05, 0) is 24.5 Å². The van der Waals surface area contributed by atoms with Crippen LogP contribution in [0, 0.1) is 5.92 Å². The zero-order chi connectivity index (χ0) is 14.8. The summed E-state index contributed by atoms with van der Waals surface area (Å²) in [4.78, 5) is 22.9. The molecular weight excluding hydrogens is 270 g/mol. The quantitative estimate of drug-likeness (QED) is 0.860. The third-order valence-corrected chi connectivity index (χ3v) is 4.47. The Morgan fingerprint density at radius 1 is 1.29 bits per heavy atom. The first-order valence-electron chi connectivity index (χ1n) is 7.71. The van der Waals surface area contributed by atoms with Crippen LogP contribution in [0.2, 0.25) is 0 Å². The van der Waals surface area contributed by atoms with Crippen molar-refractivity contribution < 1.29 is 18.7 Å². The number of alkyl carbamates (subject to hydrolysis) is 1. The lowest BCUT2D eigenvalue weighted by atomic mass is 9.83. The number of nitrogens with one attached hydrogen (secondary N) is 1. The van der Waals surface area contributed by atoms with Gasteiger partial charge in [-0.25, -0.2) is 4.79 Å². The van der Waals surface area contributed by atoms with Crippen LogP contribution in [0.4, 0.5) is 4.79 Å². The minimum atomic E-state index is -0.424. The van der Waals surface area contributed by atoms with Gasteiger partial charge in [0.1, 0.15) is 5.76 Å². The molecule has 5 heteroatoms. The molecule has 0 radical (unpaired) electrons. The van der Waals surface area contributed by atoms with Gasteiger partial charge in [0, 0.05) is 6.92 Å². The van der Waals surface area contributed by atoms with Gasteiger partial charge in [0.25, 0.3) is 0 Å². The number of hydrogen-bond donors (Lipinski definition) is 1. The zero-order valence-electron chi connectivity index (χ0n) is 12.3. The molecule has 5 nitrogen and oxygen atoms in total. The second kappa shape index (κ2) is 5.92. The van der Waals surface area contributed by atoms with E-state index in [1.165, 1.54) is 39.0 Å². The molecule has 2 aliphatic rings. The van der Waals surface area contributed by atoms with E-state index in [9.17, 15) is 9.59 Å². The van der Waals surface area contributed by atoms with Gasteiger partial charge in [-0.15, -0.1) is 0 Å². The van der Waals surface area contributed by atoms with Gasteiger partial charge in [0.05, 0.1) is 6.04 Å². The normalized spacial score (nSPS) is 26.4. The van der Waals surface area contributed by atoms with Crippen LogP contribution in [0.25, 0.3) is 0 Å². The first-order chi connectivity index (χ1) is 10.1. The minimum absolute atomic E-state index is 0.0634. The third kappa shape index (κ3) is 3.12. The van der Waals surface area contributed by atoms with Crippen molar-refractivity contribution in [1.82, 2.24) is 5.32 Å². The number of ketones is 1. The van der Waals surface area contributed by atoms with Crippen LogP contribution in [-0.4, -0.2) is 17.9 Å². The van der Waals surface area contributed by atoms with E-state index < -0.39 is 12.2 Å². The number of cyclic esters (lactones) is 1. The van der Waals surface area contributed by atoms with Gasteiger partial charge in [0.2, 0.25) is 0 Å². The van der Waals surface area contributed by atoms with E-state index in [1.807, 2.05) is 0 Å². The molecule has 0 unspecified atom stereocenters. The Balaban J connectivity index is 1.71. The maximum atomic E-state index is 11.6. The first kappa shape index (κ1) is 14.2. The second-order valence-corrected chi connectivity index (χ2v) is 6.07. The highest BCUT2D eigenvalue weighted by Gasteiger charge is 2.38. The number of furan rings is 1. The average Bonchev–Trinajstić information content (AvgIpc) is 3.07. The molecule has 0 spiro atoms. The van der Waals surface area contributed by atoms with E-state index in [-0.39, 0.29) is 11.8 Å². The van der Waals surface area contributed by atoms with E-state index in [1.54, 1.807) is 12.1 Å². The zero-order valence-corrected chi connectivity index (χ0v) is 12.3. The third-order valence-electron chi connectivity index (χ3n) is 4.47. The first-order valence-corrected chi connectivity index (χ1v) is 7.71. The summed E-state index contributed by atoms with van der Waals surface area (Å²) >= 11 is 0. The Bertz CT molecular complexity index is 530. The summed E-state index contributed by atoms with van der Waals surface area (Å²) in [7, 11) is 0. The van der Waals surface area contributed by atoms with Crippen molar-refractivity contribution >= 4 is 11.9 Å². The van der Waals surface area contributed by atoms with Crippen molar-refractivity contribution in [1.29, 1.82) is 0 Å². The van der Waals surface area contributed by atoms with Gasteiger partial charge in [-0.2, -0.15) is 0 Å². The molecule has 1 saturated heterocycles. The molecule has 1 aliphatic carbocycles. The average molecular weight is 291 g/mol. The maximum absolute atomic E-state index is 11.6. The van der Waals surface area contributed by atoms with Crippen molar-refractivity contribution in [3.8, 4) is 0 Å². The van der Waals surface area contributed by atoms with Crippen LogP contribution in [0.15, 0.2) is 16.5 Å². The van der Waals surface area contributed by atoms with Gasteiger partial charge in [0.15, 0.2) is 17.6 Å². The second-order valence-electron chi connectivity index (χ2n) is 6.07. The Kier molecular flexibility index (Phi) is 3.99. The maximum Gasteiger partial charge on any atom is 0.408 e. The number of Topliss-reactive ketones (excluding diaryl/α,β-unsaturated/α-hetero) is 1. The summed E-state index contributed by atoms with van der Waals surface area (Å²) in [6.07, 6.45) is 6.37. The molecule has 21 heavy (non-hydrogen) atoms. The molecule has 1 N–H and O–H groups in total. The van der Waals surface area contributed by atoms with E-state index in [4.69, 9.17) is 9.15 Å². The van der Waals surface area contributed by atoms with Crippen molar-refractivity contribution in [2.45, 2.75) is 57.6 Å². The Morgan fingerprint density at radius 3 is 2.71 bits per heavy atom. The number of hydrogen-bond acceptors (Lipinski definition) is 4. The Hall–Kier alpha value is -1.78. The smallest absolute Gasteiger partial charge is 0.408 e. The minimum Gasteiger partial charge on any atom is -0.454 e. The molecule has 1 saturated carbocycles. The van der Waals surface area contributed by atoms with E-state index in [2.05, 4.69) is 5.32 Å². The van der Waals surface area contributed by atoms with Gasteiger partial charge >= 0.3 is 6.09 Å². The van der Waals surface area contributed by atoms with Crippen molar-refractivity contribution in [3.05, 3.63) is 23.7 Å². The standard InChI is InChI=1S/C16H21NO4/c1-10(18)13-7-8-14(20-13)15-12(17-16(19)21-15)9-11-5-3-2-4-6-11/h7-8,11-12,15H,2-6,9H2,1H3,(H,17,19)/t12-,15+/m0/s1. The van der Waals surface area contributed by atoms with Crippen LogP contribution in [0.5, 0.6) is 0 Å². The Labute approximate surface area is 124 Å². The van der Waals surface area contributed by atoms with Crippen molar-refractivity contribution in [3.63, 3.8) is 0 Å². The number of carbonyl (C=O) groups is 2. The number of amides is 1. The fourth-order valence-electron chi connectivity index (χ4n) is 3.37. The molecule has 3 rings (SSSR count). The van der Waals surface area contributed by atoms with E-state index in [0.717, 1.165) is 6.42 Å². The topological polar surface area (TPSA) is 68.5 Å². The molecule has 1 aromatic heterocycles. The van der Waals surface area contributed by atoms with Crippen LogP contribution in [-0.2, 0) is 4.74 Å². The van der Waals surface area contributed by atoms with Crippen molar-refractivity contribution in [2.75, 3.05) is 0 Å². The SMILES string of the molecule is CC(=O)c1ccc([C@@H]2OC(=O)N[C@H]2CC2CCCCC2)o1. The fourth-order valence-corrected chi connectivity index (χ4v) is 3.37. The van der Waals surface area contributed by atoms with Crippen LogP contribution in [0.1, 0.15) is 67.9 Å². The number of rotatable bonds is 4. The lowest BCUT2D eigenvalue weighted by molar-refractivity contribution is 0.0957. The Morgan fingerprint density at radius 2 is 2.05 bits per heavy atom. The van der Waals surface area contributed by atoms with Crippen LogP contribution < -0.4 is 5.32 Å². The van der Waals surface area contributed by atoms with Crippen molar-refractivity contribution in [2.24, 2.45) is 5.92 Å². The summed E-state index contributed by atoms with van der Waals surface area (Å²) in [6, 6.07) is 3.31. The molecule has 114 valence electrons. The van der Waals surface area contributed by atoms with E-state index in [0.29, 0.717) is 17.4 Å². The summed E-state index contributed by atoms with van der Waals surface area (Å²) < 4.78 is 10.9. The molecule has 1 aromatic rings. The largest absolute Gasteiger partial charge is 0.454 e. The molecule has 2 atom stereocenters. The van der Waals surface area contributed by atoms with Gasteiger partial charge in [-0.3, -0.25) is 4.79 Å². The molecule has 2 heterocycles. The molecule has 0 bridgehead atoms. The molecule has 1 aliphatic heterocycles. The van der Waals surface area contributed by atoms with Gasteiger partial charge in [-0.1, -0.05) is 32.1 Å². The summed E-state index contributed by atoms with van der Waals surface area (Å²) in [5, 5.41) is 2.88. The molecule has 2 fully saturated rings. The monoisotopic (exact) mass is 291 g/mol. The highest BCUT2D eigenvalue weighted by atomic mass is 16.6. The summed E-state index contributed by atoms with van der Waals surface area (Å²) in [6.45, 7) is 1.46. The lowest BCUT2D eigenvalue weighted by Gasteiger charge is -2.25. The predicted octanol–water partition coefficient (Wildman–Crippen LogP) is 3.60. The molecule has 1 amide bonds. The molecular formula is C16H21NO4. The van der Waals surface area contributed by atoms with Crippen LogP contribution in [0.3, 0.4) is 0 Å². The summed E-state index contributed by atoms with van der Waals surface area (Å²) in [5.74, 6) is 1.38. The molecule has 0 aromatic carbocycles. The number of carbonyl (C=O) groups excluding carboxylic acids is 2.